The number of rotatable bonds is 3. The van der Waals surface area contributed by atoms with E-state index in [1.807, 2.05) is 31.2 Å². The van der Waals surface area contributed by atoms with E-state index in [0.29, 0.717) is 12.0 Å². The highest BCUT2D eigenvalue weighted by atomic mass is 16.1. The van der Waals surface area contributed by atoms with Crippen molar-refractivity contribution in [1.82, 2.24) is 5.32 Å². The summed E-state index contributed by atoms with van der Waals surface area (Å²) in [5, 5.41) is 3.22. The number of benzene rings is 1. The van der Waals surface area contributed by atoms with E-state index in [0.717, 1.165) is 23.0 Å². The third-order valence-electron chi connectivity index (χ3n) is 5.18. The third kappa shape index (κ3) is 2.41. The van der Waals surface area contributed by atoms with Gasteiger partial charge in [0.25, 0.3) is 5.91 Å². The van der Waals surface area contributed by atoms with Crippen LogP contribution in [0.3, 0.4) is 0 Å². The van der Waals surface area contributed by atoms with Gasteiger partial charge in [0.2, 0.25) is 0 Å². The second-order valence-electron chi connectivity index (χ2n) is 6.42. The Bertz CT molecular complexity index is 482. The SMILES string of the molecule is Cc1ccccc1C(=O)N[C@H](C)[C@H]1C[C@H]2CC[C@H]1C2. The zero-order valence-electron chi connectivity index (χ0n) is 11.9. The molecule has 0 radical (unpaired) electrons. The van der Waals surface area contributed by atoms with Gasteiger partial charge in [-0.05, 0) is 62.5 Å². The van der Waals surface area contributed by atoms with Gasteiger partial charge >= 0.3 is 0 Å². The first-order chi connectivity index (χ1) is 9.15. The lowest BCUT2D eigenvalue weighted by Gasteiger charge is -2.28. The molecule has 2 saturated carbocycles. The first-order valence-corrected chi connectivity index (χ1v) is 7.51. The van der Waals surface area contributed by atoms with Gasteiger partial charge < -0.3 is 5.32 Å². The Balaban J connectivity index is 1.65. The topological polar surface area (TPSA) is 29.1 Å². The van der Waals surface area contributed by atoms with E-state index >= 15 is 0 Å². The maximum absolute atomic E-state index is 12.3. The van der Waals surface area contributed by atoms with Crippen LogP contribution in [0.25, 0.3) is 0 Å². The number of carbonyl (C=O) groups excluding carboxylic acids is 1. The van der Waals surface area contributed by atoms with E-state index in [-0.39, 0.29) is 5.91 Å². The molecule has 2 aliphatic rings. The number of amides is 1. The van der Waals surface area contributed by atoms with Crippen molar-refractivity contribution < 1.29 is 4.79 Å². The molecule has 1 aromatic rings. The van der Waals surface area contributed by atoms with Gasteiger partial charge in [-0.2, -0.15) is 0 Å². The van der Waals surface area contributed by atoms with Crippen LogP contribution in [0.2, 0.25) is 0 Å². The lowest BCUT2D eigenvalue weighted by Crippen LogP contribution is -2.40. The molecule has 2 nitrogen and oxygen atoms in total. The molecule has 4 atom stereocenters. The summed E-state index contributed by atoms with van der Waals surface area (Å²) in [5.41, 5.74) is 1.87. The summed E-state index contributed by atoms with van der Waals surface area (Å²) in [6, 6.07) is 8.13. The summed E-state index contributed by atoms with van der Waals surface area (Å²) in [6.07, 6.45) is 5.51. The Morgan fingerprint density at radius 2 is 2.05 bits per heavy atom. The van der Waals surface area contributed by atoms with Gasteiger partial charge in [-0.15, -0.1) is 0 Å². The monoisotopic (exact) mass is 257 g/mol. The Kier molecular flexibility index (Phi) is 3.34. The molecule has 0 saturated heterocycles. The molecule has 2 fully saturated rings. The standard InChI is InChI=1S/C17H23NO/c1-11-5-3-4-6-15(11)17(19)18-12(2)16-10-13-7-8-14(16)9-13/h3-6,12-14,16H,7-10H2,1-2H3,(H,18,19)/t12-,13+,14+,16-/m1/s1. The lowest BCUT2D eigenvalue weighted by atomic mass is 9.84. The molecule has 0 heterocycles. The Hall–Kier alpha value is -1.31. The average Bonchev–Trinajstić information content (AvgIpc) is 3.01. The van der Waals surface area contributed by atoms with Crippen molar-refractivity contribution >= 4 is 5.91 Å². The minimum Gasteiger partial charge on any atom is -0.349 e. The molecule has 0 aliphatic heterocycles. The zero-order valence-corrected chi connectivity index (χ0v) is 11.9. The molecule has 0 spiro atoms. The number of carbonyl (C=O) groups is 1. The molecule has 2 heteroatoms. The molecule has 19 heavy (non-hydrogen) atoms. The van der Waals surface area contributed by atoms with Crippen LogP contribution < -0.4 is 5.32 Å². The van der Waals surface area contributed by atoms with E-state index in [1.165, 1.54) is 25.7 Å². The van der Waals surface area contributed by atoms with Crippen molar-refractivity contribution in [3.63, 3.8) is 0 Å². The Morgan fingerprint density at radius 3 is 2.68 bits per heavy atom. The number of nitrogens with one attached hydrogen (secondary N) is 1. The van der Waals surface area contributed by atoms with Crippen LogP contribution in [0.15, 0.2) is 24.3 Å². The maximum Gasteiger partial charge on any atom is 0.251 e. The van der Waals surface area contributed by atoms with Gasteiger partial charge in [0, 0.05) is 11.6 Å². The van der Waals surface area contributed by atoms with Gasteiger partial charge in [-0.3, -0.25) is 4.79 Å². The van der Waals surface area contributed by atoms with Crippen molar-refractivity contribution in [3.8, 4) is 0 Å². The fraction of sp³-hybridized carbons (Fsp3) is 0.588. The van der Waals surface area contributed by atoms with Crippen molar-refractivity contribution in [3.05, 3.63) is 35.4 Å². The molecule has 0 unspecified atom stereocenters. The van der Waals surface area contributed by atoms with Gasteiger partial charge in [0.15, 0.2) is 0 Å². The van der Waals surface area contributed by atoms with Crippen LogP contribution in [-0.4, -0.2) is 11.9 Å². The van der Waals surface area contributed by atoms with Crippen LogP contribution in [0.1, 0.15) is 48.5 Å². The fourth-order valence-electron chi connectivity index (χ4n) is 4.13. The predicted octanol–water partition coefficient (Wildman–Crippen LogP) is 3.55. The first-order valence-electron chi connectivity index (χ1n) is 7.51. The summed E-state index contributed by atoms with van der Waals surface area (Å²) in [6.45, 7) is 4.18. The highest BCUT2D eigenvalue weighted by molar-refractivity contribution is 5.95. The smallest absolute Gasteiger partial charge is 0.251 e. The van der Waals surface area contributed by atoms with Gasteiger partial charge in [-0.1, -0.05) is 24.6 Å². The van der Waals surface area contributed by atoms with Gasteiger partial charge in [0.05, 0.1) is 0 Å². The van der Waals surface area contributed by atoms with Crippen molar-refractivity contribution in [2.24, 2.45) is 17.8 Å². The van der Waals surface area contributed by atoms with Crippen LogP contribution in [0, 0.1) is 24.7 Å². The molecule has 2 bridgehead atoms. The van der Waals surface area contributed by atoms with Gasteiger partial charge in [0.1, 0.15) is 0 Å². The van der Waals surface area contributed by atoms with Crippen LogP contribution >= 0.6 is 0 Å². The molecular formula is C17H23NO. The summed E-state index contributed by atoms with van der Waals surface area (Å²) in [4.78, 5) is 12.3. The molecular weight excluding hydrogens is 234 g/mol. The quantitative estimate of drug-likeness (QED) is 0.881. The zero-order chi connectivity index (χ0) is 13.4. The third-order valence-corrected chi connectivity index (χ3v) is 5.18. The molecule has 2 aliphatic carbocycles. The second-order valence-corrected chi connectivity index (χ2v) is 6.42. The summed E-state index contributed by atoms with van der Waals surface area (Å²) in [7, 11) is 0. The van der Waals surface area contributed by atoms with Crippen LogP contribution in [0.5, 0.6) is 0 Å². The highest BCUT2D eigenvalue weighted by Crippen LogP contribution is 2.49. The molecule has 3 rings (SSSR count). The van der Waals surface area contributed by atoms with E-state index in [1.54, 1.807) is 0 Å². The summed E-state index contributed by atoms with van der Waals surface area (Å²) in [5.74, 6) is 2.59. The summed E-state index contributed by atoms with van der Waals surface area (Å²) < 4.78 is 0. The Morgan fingerprint density at radius 1 is 1.26 bits per heavy atom. The van der Waals surface area contributed by atoms with E-state index in [9.17, 15) is 4.79 Å². The van der Waals surface area contributed by atoms with E-state index < -0.39 is 0 Å². The average molecular weight is 257 g/mol. The van der Waals surface area contributed by atoms with Crippen LogP contribution in [0.4, 0.5) is 0 Å². The van der Waals surface area contributed by atoms with Crippen molar-refractivity contribution in [1.29, 1.82) is 0 Å². The number of hydrogen-bond acceptors (Lipinski definition) is 1. The molecule has 1 aromatic carbocycles. The fourth-order valence-corrected chi connectivity index (χ4v) is 4.13. The number of aryl methyl sites for hydroxylation is 1. The molecule has 1 N–H and O–H groups in total. The molecule has 0 aromatic heterocycles. The number of fused-ring (bicyclic) bond motifs is 2. The molecule has 1 amide bonds. The first kappa shape index (κ1) is 12.7. The molecule has 102 valence electrons. The minimum atomic E-state index is 0.0911. The maximum atomic E-state index is 12.3. The predicted molar refractivity (Wildman–Crippen MR) is 77.0 cm³/mol. The normalized spacial score (nSPS) is 30.3. The minimum absolute atomic E-state index is 0.0911. The van der Waals surface area contributed by atoms with Gasteiger partial charge in [-0.25, -0.2) is 0 Å². The van der Waals surface area contributed by atoms with Crippen LogP contribution in [-0.2, 0) is 0 Å². The lowest BCUT2D eigenvalue weighted by molar-refractivity contribution is 0.0914. The second kappa shape index (κ2) is 4.99. The van der Waals surface area contributed by atoms with Crippen molar-refractivity contribution in [2.75, 3.05) is 0 Å². The van der Waals surface area contributed by atoms with E-state index in [4.69, 9.17) is 0 Å². The summed E-state index contributed by atoms with van der Waals surface area (Å²) >= 11 is 0. The largest absolute Gasteiger partial charge is 0.349 e. The van der Waals surface area contributed by atoms with Crippen molar-refractivity contribution in [2.45, 2.75) is 45.6 Å². The Labute approximate surface area is 115 Å². The number of hydrogen-bond donors (Lipinski definition) is 1. The highest BCUT2D eigenvalue weighted by Gasteiger charge is 2.42. The van der Waals surface area contributed by atoms with E-state index in [2.05, 4.69) is 12.2 Å².